The van der Waals surface area contributed by atoms with Crippen LogP contribution < -0.4 is 5.82 Å². The zero-order chi connectivity index (χ0) is 22.3. The van der Waals surface area contributed by atoms with Crippen LogP contribution in [0.4, 0.5) is 0 Å². The number of aliphatic hydroxyl groups excluding tert-OH is 1. The first kappa shape index (κ1) is 23.4. The topological polar surface area (TPSA) is 146 Å². The zero-order valence-electron chi connectivity index (χ0n) is 17.0. The monoisotopic (exact) mass is 427 g/mol. The van der Waals surface area contributed by atoms with Crippen LogP contribution in [0.3, 0.4) is 0 Å². The molecular formula is C19H25NO10. The number of ether oxygens (including phenoxy) is 3. The van der Waals surface area contributed by atoms with Gasteiger partial charge in [-0.05, 0) is 6.92 Å². The molecule has 1 aliphatic heterocycles. The smallest absolute Gasteiger partial charge is 0.462 e. The highest BCUT2D eigenvalue weighted by Crippen LogP contribution is 2.23. The largest absolute Gasteiger partial charge is 0.519 e. The van der Waals surface area contributed by atoms with Gasteiger partial charge in [-0.25, -0.2) is 14.4 Å². The van der Waals surface area contributed by atoms with Gasteiger partial charge in [0.05, 0.1) is 19.8 Å². The maximum absolute atomic E-state index is 12.4. The Balaban J connectivity index is 1.78. The van der Waals surface area contributed by atoms with Crippen molar-refractivity contribution in [3.63, 3.8) is 0 Å². The molecule has 30 heavy (non-hydrogen) atoms. The standard InChI is InChI=1S/C19H25NO10/c1-12-13(30-18(25)29-12)10-27-14(21)4-5-15(22)28-11-19(2,3)16(23)17(24)20-6-8-26-9-7-20/h4-5,16,23H,6-11H2,1-3H3/b5-4+/t16-/m0/s1. The lowest BCUT2D eigenvalue weighted by atomic mass is 9.86. The lowest BCUT2D eigenvalue weighted by molar-refractivity contribution is -0.157. The molecule has 1 aliphatic rings. The van der Waals surface area contributed by atoms with Crippen molar-refractivity contribution < 1.29 is 42.5 Å². The van der Waals surface area contributed by atoms with Crippen molar-refractivity contribution in [3.05, 3.63) is 34.3 Å². The molecule has 0 spiro atoms. The SMILES string of the molecule is Cc1oc(=O)oc1COC(=O)/C=C/C(=O)OCC(C)(C)[C@@H](O)C(=O)N1CCOCC1. The van der Waals surface area contributed by atoms with Gasteiger partial charge in [-0.2, -0.15) is 0 Å². The van der Waals surface area contributed by atoms with Crippen LogP contribution in [0.1, 0.15) is 25.4 Å². The van der Waals surface area contributed by atoms with Crippen molar-refractivity contribution in [1.29, 1.82) is 0 Å². The summed E-state index contributed by atoms with van der Waals surface area (Å²) in [4.78, 5) is 48.3. The van der Waals surface area contributed by atoms with E-state index < -0.39 is 35.2 Å². The van der Waals surface area contributed by atoms with E-state index in [1.807, 2.05) is 0 Å². The van der Waals surface area contributed by atoms with E-state index >= 15 is 0 Å². The fraction of sp³-hybridized carbons (Fsp3) is 0.579. The van der Waals surface area contributed by atoms with E-state index in [4.69, 9.17) is 14.2 Å². The molecule has 0 radical (unpaired) electrons. The van der Waals surface area contributed by atoms with Crippen LogP contribution in [0.15, 0.2) is 25.8 Å². The Kier molecular flexibility index (Phi) is 7.95. The maximum atomic E-state index is 12.4. The van der Waals surface area contributed by atoms with Crippen molar-refractivity contribution in [2.45, 2.75) is 33.5 Å². The Labute approximate surface area is 172 Å². The number of carbonyl (C=O) groups is 3. The number of carbonyl (C=O) groups excluding carboxylic acids is 3. The third-order valence-corrected chi connectivity index (χ3v) is 4.42. The summed E-state index contributed by atoms with van der Waals surface area (Å²) in [6, 6.07) is 0. The van der Waals surface area contributed by atoms with Gasteiger partial charge in [0.15, 0.2) is 18.1 Å². The first-order chi connectivity index (χ1) is 14.1. The van der Waals surface area contributed by atoms with Gasteiger partial charge < -0.3 is 33.1 Å². The number of nitrogens with zero attached hydrogens (tertiary/aromatic N) is 1. The molecule has 166 valence electrons. The van der Waals surface area contributed by atoms with Crippen LogP contribution in [0.25, 0.3) is 0 Å². The molecule has 0 unspecified atom stereocenters. The highest BCUT2D eigenvalue weighted by atomic mass is 16.6. The van der Waals surface area contributed by atoms with Crippen molar-refractivity contribution >= 4 is 17.8 Å². The summed E-state index contributed by atoms with van der Waals surface area (Å²) in [5.74, 6) is -2.84. The molecule has 1 aromatic heterocycles. The summed E-state index contributed by atoms with van der Waals surface area (Å²) in [7, 11) is 0. The van der Waals surface area contributed by atoms with Gasteiger partial charge >= 0.3 is 17.8 Å². The number of amides is 1. The van der Waals surface area contributed by atoms with Crippen LogP contribution in [0.2, 0.25) is 0 Å². The quantitative estimate of drug-likeness (QED) is 0.442. The summed E-state index contributed by atoms with van der Waals surface area (Å²) in [6.45, 7) is 5.64. The lowest BCUT2D eigenvalue weighted by Gasteiger charge is -2.34. The number of esters is 2. The van der Waals surface area contributed by atoms with Crippen molar-refractivity contribution in [3.8, 4) is 0 Å². The molecule has 1 atom stereocenters. The van der Waals surface area contributed by atoms with Crippen molar-refractivity contribution in [1.82, 2.24) is 4.90 Å². The molecule has 1 fully saturated rings. The van der Waals surface area contributed by atoms with Gasteiger partial charge in [-0.1, -0.05) is 13.8 Å². The molecule has 1 saturated heterocycles. The Morgan fingerprint density at radius 2 is 1.73 bits per heavy atom. The van der Waals surface area contributed by atoms with Crippen molar-refractivity contribution in [2.75, 3.05) is 32.9 Å². The van der Waals surface area contributed by atoms with Gasteiger partial charge in [-0.3, -0.25) is 4.79 Å². The van der Waals surface area contributed by atoms with Crippen LogP contribution >= 0.6 is 0 Å². The van der Waals surface area contributed by atoms with Crippen molar-refractivity contribution in [2.24, 2.45) is 5.41 Å². The Morgan fingerprint density at radius 3 is 2.30 bits per heavy atom. The normalized spacial score (nSPS) is 15.8. The minimum absolute atomic E-state index is 0.0602. The molecule has 2 rings (SSSR count). The summed E-state index contributed by atoms with van der Waals surface area (Å²) >= 11 is 0. The van der Waals surface area contributed by atoms with E-state index in [1.54, 1.807) is 13.8 Å². The number of rotatable bonds is 8. The number of aryl methyl sites for hydroxylation is 1. The number of hydrogen-bond donors (Lipinski definition) is 1. The molecule has 0 aliphatic carbocycles. The van der Waals surface area contributed by atoms with Gasteiger partial charge in [-0.15, -0.1) is 0 Å². The first-order valence-corrected chi connectivity index (χ1v) is 9.26. The van der Waals surface area contributed by atoms with Crippen LogP contribution in [-0.2, 0) is 35.2 Å². The highest BCUT2D eigenvalue weighted by molar-refractivity contribution is 5.91. The third-order valence-electron chi connectivity index (χ3n) is 4.42. The first-order valence-electron chi connectivity index (χ1n) is 9.26. The fourth-order valence-electron chi connectivity index (χ4n) is 2.50. The molecule has 0 saturated carbocycles. The molecule has 2 heterocycles. The Morgan fingerprint density at radius 1 is 1.13 bits per heavy atom. The van der Waals surface area contributed by atoms with Gasteiger partial charge in [0, 0.05) is 30.7 Å². The van der Waals surface area contributed by atoms with Crippen LogP contribution in [-0.4, -0.2) is 66.9 Å². The second kappa shape index (κ2) is 10.2. The lowest BCUT2D eigenvalue weighted by Crippen LogP contribution is -2.51. The molecule has 0 bridgehead atoms. The predicted molar refractivity (Wildman–Crippen MR) is 99.1 cm³/mol. The highest BCUT2D eigenvalue weighted by Gasteiger charge is 2.37. The Hall–Kier alpha value is -2.92. The van der Waals surface area contributed by atoms with Gasteiger partial charge in [0.1, 0.15) is 6.10 Å². The second-order valence-corrected chi connectivity index (χ2v) is 7.31. The fourth-order valence-corrected chi connectivity index (χ4v) is 2.50. The summed E-state index contributed by atoms with van der Waals surface area (Å²) in [6.07, 6.45) is 0.329. The number of aliphatic hydroxyl groups is 1. The number of hydrogen-bond acceptors (Lipinski definition) is 10. The van der Waals surface area contributed by atoms with E-state index in [0.29, 0.717) is 26.3 Å². The third kappa shape index (κ3) is 6.56. The van der Waals surface area contributed by atoms with E-state index in [1.165, 1.54) is 11.8 Å². The molecule has 11 heteroatoms. The minimum atomic E-state index is -1.37. The molecule has 1 N–H and O–H groups in total. The maximum Gasteiger partial charge on any atom is 0.519 e. The van der Waals surface area contributed by atoms with Crippen LogP contribution in [0.5, 0.6) is 0 Å². The minimum Gasteiger partial charge on any atom is -0.462 e. The average molecular weight is 427 g/mol. The summed E-state index contributed by atoms with van der Waals surface area (Å²) in [5, 5.41) is 10.4. The second-order valence-electron chi connectivity index (χ2n) is 7.31. The van der Waals surface area contributed by atoms with E-state index in [-0.39, 0.29) is 24.7 Å². The molecule has 11 nitrogen and oxygen atoms in total. The molecule has 1 amide bonds. The Bertz CT molecular complexity index is 844. The predicted octanol–water partition coefficient (Wildman–Crippen LogP) is -0.0703. The van der Waals surface area contributed by atoms with Gasteiger partial charge in [0.2, 0.25) is 0 Å². The van der Waals surface area contributed by atoms with E-state index in [0.717, 1.165) is 12.2 Å². The molecule has 0 aromatic carbocycles. The summed E-state index contributed by atoms with van der Waals surface area (Å²) in [5.41, 5.74) is -1.05. The van der Waals surface area contributed by atoms with E-state index in [9.17, 15) is 24.3 Å². The van der Waals surface area contributed by atoms with Gasteiger partial charge in [0.25, 0.3) is 5.91 Å². The zero-order valence-corrected chi connectivity index (χ0v) is 17.0. The molecule has 1 aromatic rings. The summed E-state index contributed by atoms with van der Waals surface area (Å²) < 4.78 is 24.3. The van der Waals surface area contributed by atoms with E-state index in [2.05, 4.69) is 8.83 Å². The number of morpholine rings is 1. The molecular weight excluding hydrogens is 402 g/mol. The van der Waals surface area contributed by atoms with Crippen LogP contribution in [0, 0.1) is 12.3 Å². The average Bonchev–Trinajstić information content (AvgIpc) is 3.05.